The molecule has 0 saturated heterocycles. The largest absolute Gasteiger partial charge is 0.366 e. The summed E-state index contributed by atoms with van der Waals surface area (Å²) >= 11 is 0. The van der Waals surface area contributed by atoms with E-state index in [9.17, 15) is 9.59 Å². The Morgan fingerprint density at radius 2 is 2.07 bits per heavy atom. The summed E-state index contributed by atoms with van der Waals surface area (Å²) in [6.45, 7) is 2.92. The lowest BCUT2D eigenvalue weighted by Gasteiger charge is -2.25. The average molecular weight is 365 g/mol. The highest BCUT2D eigenvalue weighted by molar-refractivity contribution is 5.93. The van der Waals surface area contributed by atoms with E-state index in [4.69, 9.17) is 10.3 Å². The fraction of sp³-hybridized carbons (Fsp3) is 0.263. The van der Waals surface area contributed by atoms with E-state index in [2.05, 4.69) is 15.1 Å². The summed E-state index contributed by atoms with van der Waals surface area (Å²) in [5.41, 5.74) is 9.24. The Morgan fingerprint density at radius 1 is 1.30 bits per heavy atom. The van der Waals surface area contributed by atoms with Crippen LogP contribution < -0.4 is 5.73 Å². The topological polar surface area (TPSA) is 118 Å². The van der Waals surface area contributed by atoms with Gasteiger partial charge in [-0.05, 0) is 19.1 Å². The molecule has 1 aliphatic rings. The number of rotatable bonds is 4. The summed E-state index contributed by atoms with van der Waals surface area (Å²) in [7, 11) is 0. The number of hydrogen-bond donors (Lipinski definition) is 2. The molecule has 0 atom stereocenters. The molecule has 0 aliphatic carbocycles. The second kappa shape index (κ2) is 6.71. The van der Waals surface area contributed by atoms with Crippen molar-refractivity contribution in [2.24, 2.45) is 5.73 Å². The zero-order valence-electron chi connectivity index (χ0n) is 14.9. The third kappa shape index (κ3) is 3.46. The Morgan fingerprint density at radius 3 is 2.74 bits per heavy atom. The van der Waals surface area contributed by atoms with Gasteiger partial charge in [0, 0.05) is 30.2 Å². The van der Waals surface area contributed by atoms with Crippen LogP contribution in [0, 0.1) is 6.92 Å². The highest BCUT2D eigenvalue weighted by Gasteiger charge is 2.25. The fourth-order valence-electron chi connectivity index (χ4n) is 3.20. The van der Waals surface area contributed by atoms with Gasteiger partial charge in [-0.3, -0.25) is 9.59 Å². The summed E-state index contributed by atoms with van der Waals surface area (Å²) in [5.74, 6) is 0.828. The van der Waals surface area contributed by atoms with Crippen molar-refractivity contribution in [3.05, 3.63) is 58.7 Å². The fourth-order valence-corrected chi connectivity index (χ4v) is 3.20. The van der Waals surface area contributed by atoms with Crippen molar-refractivity contribution < 1.29 is 14.1 Å². The predicted molar refractivity (Wildman–Crippen MR) is 96.6 cm³/mol. The number of aromatic nitrogens is 3. The van der Waals surface area contributed by atoms with Crippen LogP contribution in [-0.2, 0) is 24.2 Å². The number of hydrogen-bond acceptors (Lipinski definition) is 5. The normalized spacial score (nSPS) is 13.4. The maximum Gasteiger partial charge on any atom is 0.248 e. The summed E-state index contributed by atoms with van der Waals surface area (Å²) in [5, 5.41) is 3.81. The second-order valence-electron chi connectivity index (χ2n) is 6.63. The van der Waals surface area contributed by atoms with Gasteiger partial charge in [-0.25, -0.2) is 4.98 Å². The standard InChI is InChI=1S/C19H19N5O3/c1-11-8-14(27-23-11)9-17(25)24-7-6-15-16(10-24)22-19(21-15)13-4-2-12(3-5-13)18(20)26/h2-5,8H,6-7,9-10H2,1H3,(H2,20,26)(H,21,22). The van der Waals surface area contributed by atoms with Crippen molar-refractivity contribution in [1.29, 1.82) is 0 Å². The van der Waals surface area contributed by atoms with Crippen LogP contribution in [-0.4, -0.2) is 38.4 Å². The molecule has 4 rings (SSSR count). The predicted octanol–water partition coefficient (Wildman–Crippen LogP) is 1.60. The molecule has 2 aromatic heterocycles. The maximum atomic E-state index is 12.5. The number of nitrogens with one attached hydrogen (secondary N) is 1. The Balaban J connectivity index is 1.48. The number of primary amides is 1. The van der Waals surface area contributed by atoms with Crippen molar-refractivity contribution in [2.45, 2.75) is 26.3 Å². The number of nitrogens with zero attached hydrogens (tertiary/aromatic N) is 3. The van der Waals surface area contributed by atoms with Gasteiger partial charge in [0.1, 0.15) is 11.6 Å². The molecule has 3 N–H and O–H groups in total. The van der Waals surface area contributed by atoms with Crippen LogP contribution in [0.3, 0.4) is 0 Å². The number of carbonyl (C=O) groups is 2. The third-order valence-corrected chi connectivity index (χ3v) is 4.63. The molecule has 0 fully saturated rings. The van der Waals surface area contributed by atoms with Gasteiger partial charge in [-0.1, -0.05) is 17.3 Å². The van der Waals surface area contributed by atoms with Gasteiger partial charge in [0.15, 0.2) is 0 Å². The lowest BCUT2D eigenvalue weighted by Crippen LogP contribution is -2.36. The number of aromatic amines is 1. The van der Waals surface area contributed by atoms with Crippen molar-refractivity contribution in [1.82, 2.24) is 20.0 Å². The van der Waals surface area contributed by atoms with Crippen LogP contribution in [0.1, 0.15) is 33.2 Å². The quantitative estimate of drug-likeness (QED) is 0.728. The van der Waals surface area contributed by atoms with Gasteiger partial charge in [-0.15, -0.1) is 0 Å². The first kappa shape index (κ1) is 17.0. The number of H-pyrrole nitrogens is 1. The van der Waals surface area contributed by atoms with Crippen molar-refractivity contribution in [3.8, 4) is 11.4 Å². The van der Waals surface area contributed by atoms with E-state index in [0.29, 0.717) is 30.8 Å². The number of fused-ring (bicyclic) bond motifs is 1. The minimum absolute atomic E-state index is 0.00115. The molecule has 3 aromatic rings. The number of carbonyl (C=O) groups excluding carboxylic acids is 2. The van der Waals surface area contributed by atoms with Crippen LogP contribution >= 0.6 is 0 Å². The molecule has 0 bridgehead atoms. The minimum atomic E-state index is -0.462. The zero-order valence-corrected chi connectivity index (χ0v) is 14.9. The van der Waals surface area contributed by atoms with Crippen LogP contribution in [0.25, 0.3) is 11.4 Å². The van der Waals surface area contributed by atoms with E-state index in [1.54, 1.807) is 35.2 Å². The van der Waals surface area contributed by atoms with E-state index in [-0.39, 0.29) is 12.3 Å². The van der Waals surface area contributed by atoms with Crippen LogP contribution in [0.15, 0.2) is 34.9 Å². The zero-order chi connectivity index (χ0) is 19.0. The highest BCUT2D eigenvalue weighted by Crippen LogP contribution is 2.23. The van der Waals surface area contributed by atoms with Crippen LogP contribution in [0.5, 0.6) is 0 Å². The number of imidazole rings is 1. The van der Waals surface area contributed by atoms with E-state index in [0.717, 1.165) is 28.5 Å². The number of aryl methyl sites for hydroxylation is 1. The lowest BCUT2D eigenvalue weighted by atomic mass is 10.1. The van der Waals surface area contributed by atoms with Gasteiger partial charge in [-0.2, -0.15) is 0 Å². The van der Waals surface area contributed by atoms with Gasteiger partial charge >= 0.3 is 0 Å². The Labute approximate surface area is 155 Å². The molecular formula is C19H19N5O3. The van der Waals surface area contributed by atoms with Gasteiger partial charge in [0.05, 0.1) is 30.0 Å². The molecule has 2 amide bonds. The molecule has 27 heavy (non-hydrogen) atoms. The first-order chi connectivity index (χ1) is 13.0. The molecule has 0 spiro atoms. The Bertz CT molecular complexity index is 1000. The summed E-state index contributed by atoms with van der Waals surface area (Å²) in [6.07, 6.45) is 0.887. The van der Waals surface area contributed by atoms with Crippen molar-refractivity contribution >= 4 is 11.8 Å². The molecule has 1 aromatic carbocycles. The first-order valence-corrected chi connectivity index (χ1v) is 8.67. The Kier molecular flexibility index (Phi) is 4.23. The highest BCUT2D eigenvalue weighted by atomic mass is 16.5. The van der Waals surface area contributed by atoms with Crippen LogP contribution in [0.2, 0.25) is 0 Å². The minimum Gasteiger partial charge on any atom is -0.366 e. The van der Waals surface area contributed by atoms with E-state index >= 15 is 0 Å². The third-order valence-electron chi connectivity index (χ3n) is 4.63. The lowest BCUT2D eigenvalue weighted by molar-refractivity contribution is -0.131. The molecule has 138 valence electrons. The molecule has 3 heterocycles. The number of amides is 2. The SMILES string of the molecule is Cc1cc(CC(=O)N2CCc3nc(-c4ccc(C(N)=O)cc4)[nH]c3C2)on1. The van der Waals surface area contributed by atoms with E-state index < -0.39 is 5.91 Å². The maximum absolute atomic E-state index is 12.5. The molecule has 8 heteroatoms. The Hall–Kier alpha value is -3.42. The van der Waals surface area contributed by atoms with Gasteiger partial charge < -0.3 is 20.1 Å². The molecular weight excluding hydrogens is 346 g/mol. The molecule has 0 unspecified atom stereocenters. The van der Waals surface area contributed by atoms with Crippen LogP contribution in [0.4, 0.5) is 0 Å². The second-order valence-corrected chi connectivity index (χ2v) is 6.63. The molecule has 0 saturated carbocycles. The number of benzene rings is 1. The van der Waals surface area contributed by atoms with Crippen molar-refractivity contribution in [2.75, 3.05) is 6.54 Å². The average Bonchev–Trinajstić information content (AvgIpc) is 3.27. The molecule has 0 radical (unpaired) electrons. The summed E-state index contributed by atoms with van der Waals surface area (Å²) in [4.78, 5) is 33.4. The smallest absolute Gasteiger partial charge is 0.248 e. The van der Waals surface area contributed by atoms with E-state index in [1.165, 1.54) is 0 Å². The summed E-state index contributed by atoms with van der Waals surface area (Å²) in [6, 6.07) is 8.74. The molecule has 1 aliphatic heterocycles. The van der Waals surface area contributed by atoms with E-state index in [1.807, 2.05) is 6.92 Å². The van der Waals surface area contributed by atoms with Gasteiger partial charge in [0.25, 0.3) is 0 Å². The molecule has 8 nitrogen and oxygen atoms in total. The number of nitrogens with two attached hydrogens (primary N) is 1. The first-order valence-electron chi connectivity index (χ1n) is 8.67. The monoisotopic (exact) mass is 365 g/mol. The van der Waals surface area contributed by atoms with Crippen molar-refractivity contribution in [3.63, 3.8) is 0 Å². The summed E-state index contributed by atoms with van der Waals surface area (Å²) < 4.78 is 5.13. The van der Waals surface area contributed by atoms with Gasteiger partial charge in [0.2, 0.25) is 11.8 Å².